The van der Waals surface area contributed by atoms with Gasteiger partial charge >= 0.3 is 0 Å². The third kappa shape index (κ3) is 1.91. The second-order valence-corrected chi connectivity index (χ2v) is 4.68. The number of halogens is 2. The van der Waals surface area contributed by atoms with Crippen LogP contribution in [0.3, 0.4) is 0 Å². The lowest BCUT2D eigenvalue weighted by molar-refractivity contribution is 0.412. The summed E-state index contributed by atoms with van der Waals surface area (Å²) in [6.07, 6.45) is 3.30. The van der Waals surface area contributed by atoms with Gasteiger partial charge in [-0.3, -0.25) is 0 Å². The molecule has 3 rings (SSSR count). The maximum absolute atomic E-state index is 13.9. The highest BCUT2D eigenvalue weighted by Crippen LogP contribution is 2.35. The van der Waals surface area contributed by atoms with E-state index in [2.05, 4.69) is 9.97 Å². The van der Waals surface area contributed by atoms with E-state index in [0.717, 1.165) is 10.9 Å². The van der Waals surface area contributed by atoms with Crippen molar-refractivity contribution in [1.82, 2.24) is 14.5 Å². The predicted molar refractivity (Wildman–Crippen MR) is 75.5 cm³/mol. The molecule has 3 aromatic rings. The van der Waals surface area contributed by atoms with Gasteiger partial charge in [0.2, 0.25) is 5.28 Å². The van der Waals surface area contributed by atoms with E-state index in [0.29, 0.717) is 17.0 Å². The number of nitrogens with zero attached hydrogens (tertiary/aromatic N) is 3. The van der Waals surface area contributed by atoms with E-state index in [1.54, 1.807) is 23.9 Å². The van der Waals surface area contributed by atoms with Gasteiger partial charge in [-0.1, -0.05) is 12.1 Å². The van der Waals surface area contributed by atoms with Gasteiger partial charge in [-0.05, 0) is 17.7 Å². The van der Waals surface area contributed by atoms with Crippen LogP contribution in [0.15, 0.2) is 30.6 Å². The summed E-state index contributed by atoms with van der Waals surface area (Å²) in [5, 5.41) is 0.870. The Hall–Kier alpha value is -2.14. The van der Waals surface area contributed by atoms with E-state index in [1.165, 1.54) is 19.4 Å². The van der Waals surface area contributed by atoms with Gasteiger partial charge in [0, 0.05) is 24.2 Å². The summed E-state index contributed by atoms with van der Waals surface area (Å²) >= 11 is 5.85. The van der Waals surface area contributed by atoms with Crippen LogP contribution < -0.4 is 4.74 Å². The number of aryl methyl sites for hydroxylation is 1. The minimum absolute atomic E-state index is 0.120. The van der Waals surface area contributed by atoms with Crippen LogP contribution in [0.4, 0.5) is 4.39 Å². The summed E-state index contributed by atoms with van der Waals surface area (Å²) in [6.45, 7) is 0. The minimum atomic E-state index is -0.282. The van der Waals surface area contributed by atoms with Gasteiger partial charge in [0.25, 0.3) is 0 Å². The fraction of sp³-hybridized carbons (Fsp3) is 0.143. The summed E-state index contributed by atoms with van der Waals surface area (Å²) in [4.78, 5) is 8.09. The molecule has 1 aromatic carbocycles. The lowest BCUT2D eigenvalue weighted by atomic mass is 10.1. The Labute approximate surface area is 119 Å². The van der Waals surface area contributed by atoms with Gasteiger partial charge in [0.05, 0.1) is 18.8 Å². The summed E-state index contributed by atoms with van der Waals surface area (Å²) in [7, 11) is 3.31. The highest BCUT2D eigenvalue weighted by molar-refractivity contribution is 6.28. The van der Waals surface area contributed by atoms with Crippen LogP contribution >= 0.6 is 11.6 Å². The van der Waals surface area contributed by atoms with Crippen LogP contribution in [0.2, 0.25) is 5.28 Å². The fourth-order valence-corrected chi connectivity index (χ4v) is 2.43. The van der Waals surface area contributed by atoms with Gasteiger partial charge < -0.3 is 9.30 Å². The molecule has 0 atom stereocenters. The molecular weight excluding hydrogens is 281 g/mol. The van der Waals surface area contributed by atoms with Crippen molar-refractivity contribution in [1.29, 1.82) is 0 Å². The van der Waals surface area contributed by atoms with Crippen LogP contribution in [0.25, 0.3) is 22.2 Å². The molecule has 0 aliphatic rings. The molecule has 0 amide bonds. The second-order valence-electron chi connectivity index (χ2n) is 4.35. The molecule has 2 aromatic heterocycles. The lowest BCUT2D eigenvalue weighted by Gasteiger charge is -2.06. The quantitative estimate of drug-likeness (QED) is 0.679. The number of methoxy groups -OCH3 is 1. The van der Waals surface area contributed by atoms with E-state index >= 15 is 0 Å². The molecule has 0 fully saturated rings. The summed E-state index contributed by atoms with van der Waals surface area (Å²) in [6, 6.07) is 4.93. The first kappa shape index (κ1) is 12.9. The number of ether oxygens (including phenoxy) is 1. The average molecular weight is 292 g/mol. The van der Waals surface area contributed by atoms with Crippen molar-refractivity contribution in [2.45, 2.75) is 0 Å². The number of benzene rings is 1. The van der Waals surface area contributed by atoms with Crippen molar-refractivity contribution in [3.8, 4) is 17.0 Å². The zero-order valence-electron chi connectivity index (χ0n) is 10.9. The number of para-hydroxylation sites is 1. The molecule has 0 radical (unpaired) electrons. The van der Waals surface area contributed by atoms with E-state index in [-0.39, 0.29) is 11.1 Å². The average Bonchev–Trinajstić information content (AvgIpc) is 2.77. The standard InChI is InChI=1S/C14H11ClFN3O/c1-19-7-9(8-4-3-5-10(16)13(8)19)12-11(20-2)6-17-14(15)18-12/h3-7H,1-2H3. The van der Waals surface area contributed by atoms with Crippen LogP contribution in [-0.4, -0.2) is 21.6 Å². The zero-order valence-corrected chi connectivity index (χ0v) is 11.6. The molecule has 0 N–H and O–H groups in total. The number of hydrogen-bond acceptors (Lipinski definition) is 3. The van der Waals surface area contributed by atoms with Gasteiger partial charge in [-0.25, -0.2) is 14.4 Å². The molecule has 4 nitrogen and oxygen atoms in total. The molecule has 0 saturated carbocycles. The van der Waals surface area contributed by atoms with E-state index in [1.807, 2.05) is 6.07 Å². The Morgan fingerprint density at radius 2 is 2.15 bits per heavy atom. The largest absolute Gasteiger partial charge is 0.493 e. The second kappa shape index (κ2) is 4.76. The van der Waals surface area contributed by atoms with Crippen LogP contribution in [0.1, 0.15) is 0 Å². The van der Waals surface area contributed by atoms with E-state index < -0.39 is 0 Å². The van der Waals surface area contributed by atoms with Crippen molar-refractivity contribution in [3.05, 3.63) is 41.7 Å². The van der Waals surface area contributed by atoms with Crippen molar-refractivity contribution in [3.63, 3.8) is 0 Å². The Bertz CT molecular complexity index is 800. The summed E-state index contributed by atoms with van der Waals surface area (Å²) in [5.41, 5.74) is 1.81. The molecule has 0 unspecified atom stereocenters. The third-order valence-electron chi connectivity index (χ3n) is 3.15. The molecule has 6 heteroatoms. The van der Waals surface area contributed by atoms with Gasteiger partial charge in [0.1, 0.15) is 11.5 Å². The first-order valence-corrected chi connectivity index (χ1v) is 6.30. The Morgan fingerprint density at radius 1 is 1.35 bits per heavy atom. The minimum Gasteiger partial charge on any atom is -0.493 e. The molecule has 0 aliphatic carbocycles. The predicted octanol–water partition coefficient (Wildman–Crippen LogP) is 3.44. The monoisotopic (exact) mass is 291 g/mol. The van der Waals surface area contributed by atoms with Crippen molar-refractivity contribution in [2.75, 3.05) is 7.11 Å². The first-order valence-electron chi connectivity index (χ1n) is 5.92. The lowest BCUT2D eigenvalue weighted by Crippen LogP contribution is -1.93. The molecule has 2 heterocycles. The smallest absolute Gasteiger partial charge is 0.223 e. The molecule has 20 heavy (non-hydrogen) atoms. The van der Waals surface area contributed by atoms with Crippen molar-refractivity contribution < 1.29 is 9.13 Å². The van der Waals surface area contributed by atoms with Crippen molar-refractivity contribution >= 4 is 22.5 Å². The van der Waals surface area contributed by atoms with Crippen LogP contribution in [0.5, 0.6) is 5.75 Å². The normalized spacial score (nSPS) is 11.0. The van der Waals surface area contributed by atoms with Gasteiger partial charge in [-0.2, -0.15) is 0 Å². The van der Waals surface area contributed by atoms with Gasteiger partial charge in [-0.15, -0.1) is 0 Å². The van der Waals surface area contributed by atoms with Crippen LogP contribution in [0, 0.1) is 5.82 Å². The molecule has 102 valence electrons. The van der Waals surface area contributed by atoms with E-state index in [4.69, 9.17) is 16.3 Å². The van der Waals surface area contributed by atoms with E-state index in [9.17, 15) is 4.39 Å². The topological polar surface area (TPSA) is 39.9 Å². The zero-order chi connectivity index (χ0) is 14.3. The first-order chi connectivity index (χ1) is 9.61. The molecule has 0 spiro atoms. The molecule has 0 saturated heterocycles. The van der Waals surface area contributed by atoms with Crippen molar-refractivity contribution in [2.24, 2.45) is 7.05 Å². The fourth-order valence-electron chi connectivity index (χ4n) is 2.30. The Morgan fingerprint density at radius 3 is 2.90 bits per heavy atom. The van der Waals surface area contributed by atoms with Gasteiger partial charge in [0.15, 0.2) is 5.75 Å². The number of fused-ring (bicyclic) bond motifs is 1. The highest BCUT2D eigenvalue weighted by Gasteiger charge is 2.17. The summed E-state index contributed by atoms with van der Waals surface area (Å²) < 4.78 is 20.9. The Balaban J connectivity index is 2.36. The van der Waals surface area contributed by atoms with Crippen LogP contribution in [-0.2, 0) is 7.05 Å². The molecule has 0 bridgehead atoms. The SMILES string of the molecule is COc1cnc(Cl)nc1-c1cn(C)c2c(F)cccc12. The maximum Gasteiger partial charge on any atom is 0.223 e. The maximum atomic E-state index is 13.9. The molecular formula is C14H11ClFN3O. The molecule has 0 aliphatic heterocycles. The highest BCUT2D eigenvalue weighted by atomic mass is 35.5. The third-order valence-corrected chi connectivity index (χ3v) is 3.34. The number of aromatic nitrogens is 3. The number of rotatable bonds is 2. The number of hydrogen-bond donors (Lipinski definition) is 0. The summed E-state index contributed by atoms with van der Waals surface area (Å²) in [5.74, 6) is 0.210. The Kier molecular flexibility index (Phi) is 3.06.